The van der Waals surface area contributed by atoms with Gasteiger partial charge in [-0.1, -0.05) is 6.42 Å². The third-order valence-electron chi connectivity index (χ3n) is 4.29. The number of rotatable bonds is 1. The first-order chi connectivity index (χ1) is 9.10. The summed E-state index contributed by atoms with van der Waals surface area (Å²) in [7, 11) is 0. The van der Waals surface area contributed by atoms with Crippen molar-refractivity contribution in [3.8, 4) is 6.07 Å². The average Bonchev–Trinajstić information content (AvgIpc) is 2.38. The van der Waals surface area contributed by atoms with E-state index in [9.17, 15) is 5.11 Å². The predicted octanol–water partition coefficient (Wildman–Crippen LogP) is 2.90. The van der Waals surface area contributed by atoms with Gasteiger partial charge in [0.1, 0.15) is 11.8 Å². The van der Waals surface area contributed by atoms with Crippen LogP contribution in [-0.4, -0.2) is 20.6 Å². The van der Waals surface area contributed by atoms with Crippen molar-refractivity contribution in [3.05, 3.63) is 29.1 Å². The molecule has 4 heteroatoms. The van der Waals surface area contributed by atoms with E-state index in [2.05, 4.69) is 11.1 Å². The van der Waals surface area contributed by atoms with Crippen molar-refractivity contribution < 1.29 is 5.11 Å². The van der Waals surface area contributed by atoms with E-state index in [1.165, 1.54) is 19.3 Å². The number of hydrogen-bond donors (Lipinski definition) is 1. The molecule has 0 spiro atoms. The highest BCUT2D eigenvalue weighted by atomic mass is 32.2. The molecule has 2 atom stereocenters. The topological polar surface area (TPSA) is 56.9 Å². The molecule has 100 valence electrons. The first-order valence-corrected chi connectivity index (χ1v) is 7.80. The SMILES string of the molecule is Cc1cc(C2(O)CC3CCCC(C2)S3)cnc1C#N. The van der Waals surface area contributed by atoms with Gasteiger partial charge in [0.25, 0.3) is 0 Å². The Balaban J connectivity index is 1.92. The number of aryl methyl sites for hydroxylation is 1. The molecule has 3 heterocycles. The zero-order valence-corrected chi connectivity index (χ0v) is 11.9. The number of fused-ring (bicyclic) bond motifs is 2. The van der Waals surface area contributed by atoms with Crippen LogP contribution in [0.1, 0.15) is 48.9 Å². The van der Waals surface area contributed by atoms with E-state index in [0.717, 1.165) is 24.0 Å². The van der Waals surface area contributed by atoms with Gasteiger partial charge in [0.15, 0.2) is 0 Å². The van der Waals surface area contributed by atoms with E-state index in [0.29, 0.717) is 16.2 Å². The van der Waals surface area contributed by atoms with Crippen molar-refractivity contribution >= 4 is 11.8 Å². The third kappa shape index (κ3) is 2.37. The summed E-state index contributed by atoms with van der Waals surface area (Å²) in [6, 6.07) is 4.02. The first-order valence-electron chi connectivity index (χ1n) is 6.86. The standard InChI is InChI=1S/C15H18N2OS/c1-10-5-11(9-17-14(10)8-16)15(18)6-12-3-2-4-13(7-15)19-12/h5,9,12-13,18H,2-4,6-7H2,1H3. The summed E-state index contributed by atoms with van der Waals surface area (Å²) in [5, 5.41) is 21.1. The van der Waals surface area contributed by atoms with Crippen LogP contribution < -0.4 is 0 Å². The molecule has 0 saturated carbocycles. The van der Waals surface area contributed by atoms with Gasteiger partial charge < -0.3 is 5.11 Å². The van der Waals surface area contributed by atoms with Crippen LogP contribution in [0, 0.1) is 18.3 Å². The fraction of sp³-hybridized carbons (Fsp3) is 0.600. The number of hydrogen-bond acceptors (Lipinski definition) is 4. The summed E-state index contributed by atoms with van der Waals surface area (Å²) >= 11 is 2.05. The Morgan fingerprint density at radius 3 is 2.68 bits per heavy atom. The lowest BCUT2D eigenvalue weighted by atomic mass is 9.81. The average molecular weight is 274 g/mol. The van der Waals surface area contributed by atoms with Crippen molar-refractivity contribution in [2.45, 2.75) is 55.1 Å². The molecule has 1 aromatic rings. The van der Waals surface area contributed by atoms with Gasteiger partial charge >= 0.3 is 0 Å². The Kier molecular flexibility index (Phi) is 3.28. The number of nitrogens with zero attached hydrogens (tertiary/aromatic N) is 2. The van der Waals surface area contributed by atoms with Gasteiger partial charge in [-0.05, 0) is 44.2 Å². The van der Waals surface area contributed by atoms with Crippen LogP contribution in [-0.2, 0) is 5.60 Å². The smallest absolute Gasteiger partial charge is 0.143 e. The molecule has 3 rings (SSSR count). The number of aromatic nitrogens is 1. The van der Waals surface area contributed by atoms with E-state index in [4.69, 9.17) is 5.26 Å². The van der Waals surface area contributed by atoms with Gasteiger partial charge in [-0.15, -0.1) is 0 Å². The fourth-order valence-electron chi connectivity index (χ4n) is 3.30. The summed E-state index contributed by atoms with van der Waals surface area (Å²) in [5.74, 6) is 0. The highest BCUT2D eigenvalue weighted by molar-refractivity contribution is 8.00. The molecule has 19 heavy (non-hydrogen) atoms. The Bertz CT molecular complexity index is 525. The van der Waals surface area contributed by atoms with Gasteiger partial charge in [-0.25, -0.2) is 4.98 Å². The highest BCUT2D eigenvalue weighted by Crippen LogP contribution is 2.49. The maximum absolute atomic E-state index is 11.0. The summed E-state index contributed by atoms with van der Waals surface area (Å²) in [5.41, 5.74) is 1.46. The molecular formula is C15H18N2OS. The maximum Gasteiger partial charge on any atom is 0.143 e. The molecule has 2 fully saturated rings. The molecule has 3 nitrogen and oxygen atoms in total. The van der Waals surface area contributed by atoms with Gasteiger partial charge in [0.2, 0.25) is 0 Å². The lowest BCUT2D eigenvalue weighted by molar-refractivity contribution is 0.00776. The fourth-order valence-corrected chi connectivity index (χ4v) is 5.19. The normalized spacial score (nSPS) is 33.7. The Labute approximate surface area is 118 Å². The molecule has 0 aliphatic carbocycles. The second-order valence-corrected chi connectivity index (χ2v) is 7.36. The van der Waals surface area contributed by atoms with Gasteiger partial charge in [0.05, 0.1) is 5.60 Å². The number of thioether (sulfide) groups is 1. The minimum Gasteiger partial charge on any atom is -0.385 e. The molecule has 2 aliphatic rings. The van der Waals surface area contributed by atoms with E-state index in [-0.39, 0.29) is 0 Å². The molecular weight excluding hydrogens is 256 g/mol. The van der Waals surface area contributed by atoms with Crippen molar-refractivity contribution in [2.75, 3.05) is 0 Å². The second-order valence-electron chi connectivity index (χ2n) is 5.75. The summed E-state index contributed by atoms with van der Waals surface area (Å²) < 4.78 is 0. The lowest BCUT2D eigenvalue weighted by Crippen LogP contribution is -2.40. The third-order valence-corrected chi connectivity index (χ3v) is 5.86. The molecule has 2 unspecified atom stereocenters. The van der Waals surface area contributed by atoms with Crippen LogP contribution in [0.3, 0.4) is 0 Å². The van der Waals surface area contributed by atoms with Crippen LogP contribution >= 0.6 is 11.8 Å². The van der Waals surface area contributed by atoms with Crippen molar-refractivity contribution in [3.63, 3.8) is 0 Å². The van der Waals surface area contributed by atoms with Crippen molar-refractivity contribution in [2.24, 2.45) is 0 Å². The number of pyridine rings is 1. The monoisotopic (exact) mass is 274 g/mol. The quantitative estimate of drug-likeness (QED) is 0.855. The zero-order valence-electron chi connectivity index (χ0n) is 11.1. The van der Waals surface area contributed by atoms with E-state index >= 15 is 0 Å². The minimum absolute atomic E-state index is 0.456. The first kappa shape index (κ1) is 13.0. The van der Waals surface area contributed by atoms with E-state index in [1.54, 1.807) is 6.20 Å². The molecule has 1 aromatic heterocycles. The second kappa shape index (κ2) is 4.81. The molecule has 1 N–H and O–H groups in total. The zero-order chi connectivity index (χ0) is 13.5. The Morgan fingerprint density at radius 2 is 2.11 bits per heavy atom. The number of nitriles is 1. The van der Waals surface area contributed by atoms with Crippen LogP contribution in [0.2, 0.25) is 0 Å². The molecule has 2 bridgehead atoms. The van der Waals surface area contributed by atoms with Crippen LogP contribution in [0.5, 0.6) is 0 Å². The summed E-state index contributed by atoms with van der Waals surface area (Å²) in [6.07, 6.45) is 7.06. The van der Waals surface area contributed by atoms with Crippen LogP contribution in [0.4, 0.5) is 0 Å². The summed E-state index contributed by atoms with van der Waals surface area (Å²) in [4.78, 5) is 4.18. The molecule has 0 amide bonds. The molecule has 0 radical (unpaired) electrons. The van der Waals surface area contributed by atoms with E-state index in [1.807, 2.05) is 24.8 Å². The van der Waals surface area contributed by atoms with Crippen molar-refractivity contribution in [1.29, 1.82) is 5.26 Å². The van der Waals surface area contributed by atoms with Gasteiger partial charge in [-0.2, -0.15) is 17.0 Å². The largest absolute Gasteiger partial charge is 0.385 e. The predicted molar refractivity (Wildman–Crippen MR) is 75.8 cm³/mol. The van der Waals surface area contributed by atoms with E-state index < -0.39 is 5.60 Å². The van der Waals surface area contributed by atoms with Crippen LogP contribution in [0.25, 0.3) is 0 Å². The Morgan fingerprint density at radius 1 is 1.42 bits per heavy atom. The molecule has 0 aromatic carbocycles. The Hall–Kier alpha value is -1.05. The van der Waals surface area contributed by atoms with Gasteiger partial charge in [0, 0.05) is 22.3 Å². The van der Waals surface area contributed by atoms with Crippen LogP contribution in [0.15, 0.2) is 12.3 Å². The highest BCUT2D eigenvalue weighted by Gasteiger charge is 2.42. The molecule has 2 saturated heterocycles. The van der Waals surface area contributed by atoms with Gasteiger partial charge in [-0.3, -0.25) is 0 Å². The maximum atomic E-state index is 11.0. The summed E-state index contributed by atoms with van der Waals surface area (Å²) in [6.45, 7) is 1.89. The lowest BCUT2D eigenvalue weighted by Gasteiger charge is -2.44. The van der Waals surface area contributed by atoms with Crippen molar-refractivity contribution in [1.82, 2.24) is 4.98 Å². The molecule has 2 aliphatic heterocycles. The minimum atomic E-state index is -0.743. The number of aliphatic hydroxyl groups is 1.